The molecule has 0 aliphatic carbocycles. The van der Waals surface area contributed by atoms with E-state index in [1.807, 2.05) is 37.3 Å². The summed E-state index contributed by atoms with van der Waals surface area (Å²) in [7, 11) is 0. The lowest BCUT2D eigenvalue weighted by molar-refractivity contribution is -0.127. The molecule has 1 atom stereocenters. The summed E-state index contributed by atoms with van der Waals surface area (Å²) >= 11 is 5.81. The van der Waals surface area contributed by atoms with Gasteiger partial charge in [0.25, 0.3) is 0 Å². The zero-order valence-corrected chi connectivity index (χ0v) is 16.8. The van der Waals surface area contributed by atoms with Crippen molar-refractivity contribution in [1.29, 1.82) is 0 Å². The number of piperidine rings is 1. The maximum atomic E-state index is 14.0. The Bertz CT molecular complexity index is 779. The maximum Gasteiger partial charge on any atom is 0.223 e. The Kier molecular flexibility index (Phi) is 7.29. The highest BCUT2D eigenvalue weighted by atomic mass is 35.5. The van der Waals surface area contributed by atoms with Crippen molar-refractivity contribution in [2.24, 2.45) is 5.92 Å². The Morgan fingerprint density at radius 3 is 2.64 bits per heavy atom. The Labute approximate surface area is 170 Å². The number of para-hydroxylation sites is 1. The first-order valence-electron chi connectivity index (χ1n) is 9.66. The molecule has 1 heterocycles. The van der Waals surface area contributed by atoms with Crippen LogP contribution in [0.4, 0.5) is 4.39 Å². The number of ether oxygens (including phenoxy) is 1. The molecule has 0 aromatic heterocycles. The van der Waals surface area contributed by atoms with Gasteiger partial charge in [-0.3, -0.25) is 9.69 Å². The minimum atomic E-state index is -0.278. The lowest BCUT2D eigenvalue weighted by Gasteiger charge is -2.32. The van der Waals surface area contributed by atoms with Gasteiger partial charge in [-0.25, -0.2) is 4.39 Å². The SMILES string of the molecule is C[C@@H](COc1ccccc1)NC(=O)C1CCN(Cc2ccc(Cl)cc2F)CC1. The molecule has 0 bridgehead atoms. The molecule has 4 nitrogen and oxygen atoms in total. The molecular weight excluding hydrogens is 379 g/mol. The average Bonchev–Trinajstić information content (AvgIpc) is 2.70. The number of nitrogens with zero attached hydrogens (tertiary/aromatic N) is 1. The Balaban J connectivity index is 1.40. The Hall–Kier alpha value is -2.11. The van der Waals surface area contributed by atoms with E-state index in [2.05, 4.69) is 10.2 Å². The van der Waals surface area contributed by atoms with Crippen LogP contribution >= 0.6 is 11.6 Å². The van der Waals surface area contributed by atoms with Crippen LogP contribution in [0.2, 0.25) is 5.02 Å². The van der Waals surface area contributed by atoms with Gasteiger partial charge in [-0.1, -0.05) is 35.9 Å². The van der Waals surface area contributed by atoms with Crippen molar-refractivity contribution in [3.05, 3.63) is 64.9 Å². The van der Waals surface area contributed by atoms with Gasteiger partial charge in [0.15, 0.2) is 0 Å². The largest absolute Gasteiger partial charge is 0.491 e. The molecule has 2 aromatic carbocycles. The quantitative estimate of drug-likeness (QED) is 0.749. The van der Waals surface area contributed by atoms with Crippen LogP contribution < -0.4 is 10.1 Å². The Morgan fingerprint density at radius 1 is 1.25 bits per heavy atom. The summed E-state index contributed by atoms with van der Waals surface area (Å²) in [5.41, 5.74) is 0.638. The third-order valence-electron chi connectivity index (χ3n) is 5.00. The molecule has 28 heavy (non-hydrogen) atoms. The van der Waals surface area contributed by atoms with Crippen LogP contribution in [0.25, 0.3) is 0 Å². The first-order chi connectivity index (χ1) is 13.5. The van der Waals surface area contributed by atoms with E-state index < -0.39 is 0 Å². The second kappa shape index (κ2) is 9.89. The van der Waals surface area contributed by atoms with E-state index in [4.69, 9.17) is 16.3 Å². The van der Waals surface area contributed by atoms with Gasteiger partial charge in [0.05, 0.1) is 6.04 Å². The zero-order valence-electron chi connectivity index (χ0n) is 16.0. The minimum Gasteiger partial charge on any atom is -0.491 e. The fourth-order valence-electron chi connectivity index (χ4n) is 3.38. The van der Waals surface area contributed by atoms with E-state index in [1.165, 1.54) is 6.07 Å². The molecule has 1 N–H and O–H groups in total. The van der Waals surface area contributed by atoms with Gasteiger partial charge in [0.1, 0.15) is 18.2 Å². The van der Waals surface area contributed by atoms with Gasteiger partial charge >= 0.3 is 0 Å². The first-order valence-corrected chi connectivity index (χ1v) is 10.0. The summed E-state index contributed by atoms with van der Waals surface area (Å²) in [5.74, 6) is 0.581. The summed E-state index contributed by atoms with van der Waals surface area (Å²) in [6, 6.07) is 14.3. The summed E-state index contributed by atoms with van der Waals surface area (Å²) in [6.07, 6.45) is 1.54. The van der Waals surface area contributed by atoms with Crippen LogP contribution in [0, 0.1) is 11.7 Å². The molecule has 6 heteroatoms. The zero-order chi connectivity index (χ0) is 19.9. The lowest BCUT2D eigenvalue weighted by Crippen LogP contribution is -2.44. The number of hydrogen-bond donors (Lipinski definition) is 1. The van der Waals surface area contributed by atoms with Crippen LogP contribution in [0.5, 0.6) is 5.75 Å². The van der Waals surface area contributed by atoms with Crippen molar-refractivity contribution >= 4 is 17.5 Å². The molecule has 2 aromatic rings. The predicted molar refractivity (Wildman–Crippen MR) is 109 cm³/mol. The smallest absolute Gasteiger partial charge is 0.223 e. The number of carbonyl (C=O) groups is 1. The fourth-order valence-corrected chi connectivity index (χ4v) is 3.54. The average molecular weight is 405 g/mol. The van der Waals surface area contributed by atoms with Crippen molar-refractivity contribution < 1.29 is 13.9 Å². The molecule has 1 amide bonds. The van der Waals surface area contributed by atoms with E-state index in [-0.39, 0.29) is 23.7 Å². The molecule has 0 radical (unpaired) electrons. The molecule has 1 aliphatic rings. The third-order valence-corrected chi connectivity index (χ3v) is 5.23. The predicted octanol–water partition coefficient (Wildman–Crippen LogP) is 4.27. The molecule has 0 spiro atoms. The standard InChI is InChI=1S/C22H26ClFN2O2/c1-16(15-28-20-5-3-2-4-6-20)25-22(27)17-9-11-26(12-10-17)14-18-7-8-19(23)13-21(18)24/h2-8,13,16-17H,9-12,14-15H2,1H3,(H,25,27)/t16-/m0/s1. The highest BCUT2D eigenvalue weighted by Crippen LogP contribution is 2.22. The topological polar surface area (TPSA) is 41.6 Å². The van der Waals surface area contributed by atoms with Crippen LogP contribution in [0.15, 0.2) is 48.5 Å². The van der Waals surface area contributed by atoms with Crippen LogP contribution in [0.3, 0.4) is 0 Å². The van der Waals surface area contributed by atoms with Crippen LogP contribution in [-0.4, -0.2) is 36.5 Å². The van der Waals surface area contributed by atoms with Crippen molar-refractivity contribution in [3.8, 4) is 5.75 Å². The van der Waals surface area contributed by atoms with E-state index in [9.17, 15) is 9.18 Å². The lowest BCUT2D eigenvalue weighted by atomic mass is 9.95. The highest BCUT2D eigenvalue weighted by molar-refractivity contribution is 6.30. The molecule has 0 unspecified atom stereocenters. The van der Waals surface area contributed by atoms with Gasteiger partial charge < -0.3 is 10.1 Å². The third kappa shape index (κ3) is 5.94. The normalized spacial score (nSPS) is 16.5. The summed E-state index contributed by atoms with van der Waals surface area (Å²) in [6.45, 7) is 4.46. The minimum absolute atomic E-state index is 0.00881. The van der Waals surface area contributed by atoms with Crippen molar-refractivity contribution in [1.82, 2.24) is 10.2 Å². The van der Waals surface area contributed by atoms with Crippen LogP contribution in [-0.2, 0) is 11.3 Å². The molecule has 3 rings (SSSR count). The second-order valence-electron chi connectivity index (χ2n) is 7.32. The summed E-state index contributed by atoms with van der Waals surface area (Å²) in [5, 5.41) is 3.45. The second-order valence-corrected chi connectivity index (χ2v) is 7.76. The fraction of sp³-hybridized carbons (Fsp3) is 0.409. The van der Waals surface area contributed by atoms with Crippen molar-refractivity contribution in [3.63, 3.8) is 0 Å². The molecular formula is C22H26ClFN2O2. The van der Waals surface area contributed by atoms with Gasteiger partial charge in [-0.2, -0.15) is 0 Å². The molecule has 1 fully saturated rings. The van der Waals surface area contributed by atoms with E-state index >= 15 is 0 Å². The first kappa shape index (κ1) is 20.6. The van der Waals surface area contributed by atoms with Gasteiger partial charge in [0.2, 0.25) is 5.91 Å². The maximum absolute atomic E-state index is 14.0. The number of rotatable bonds is 7. The van der Waals surface area contributed by atoms with E-state index in [1.54, 1.807) is 12.1 Å². The molecule has 0 saturated carbocycles. The molecule has 150 valence electrons. The number of nitrogens with one attached hydrogen (secondary N) is 1. The molecule has 1 saturated heterocycles. The van der Waals surface area contributed by atoms with Gasteiger partial charge in [-0.05, 0) is 57.1 Å². The van der Waals surface area contributed by atoms with Crippen molar-refractivity contribution in [2.45, 2.75) is 32.4 Å². The van der Waals surface area contributed by atoms with E-state index in [0.717, 1.165) is 31.7 Å². The van der Waals surface area contributed by atoms with Gasteiger partial charge in [0, 0.05) is 23.0 Å². The monoisotopic (exact) mass is 404 g/mol. The van der Waals surface area contributed by atoms with E-state index in [0.29, 0.717) is 23.7 Å². The number of amides is 1. The number of benzene rings is 2. The van der Waals surface area contributed by atoms with Gasteiger partial charge in [-0.15, -0.1) is 0 Å². The van der Waals surface area contributed by atoms with Crippen molar-refractivity contribution in [2.75, 3.05) is 19.7 Å². The number of halogens is 2. The number of hydrogen-bond acceptors (Lipinski definition) is 3. The summed E-state index contributed by atoms with van der Waals surface area (Å²) < 4.78 is 19.7. The highest BCUT2D eigenvalue weighted by Gasteiger charge is 2.26. The number of carbonyl (C=O) groups excluding carboxylic acids is 1. The molecule has 1 aliphatic heterocycles. The number of likely N-dealkylation sites (tertiary alicyclic amines) is 1. The Morgan fingerprint density at radius 2 is 1.96 bits per heavy atom. The summed E-state index contributed by atoms with van der Waals surface area (Å²) in [4.78, 5) is 14.7. The van der Waals surface area contributed by atoms with Crippen LogP contribution in [0.1, 0.15) is 25.3 Å².